The highest BCUT2D eigenvalue weighted by atomic mass is 35.5. The number of likely N-dealkylation sites (N-methyl/N-ethyl adjacent to an activating group) is 1. The molecule has 3 rings (SSSR count). The Hall–Kier alpha value is -3.07. The van der Waals surface area contributed by atoms with E-state index in [0.717, 1.165) is 27.3 Å². The van der Waals surface area contributed by atoms with E-state index in [-0.39, 0.29) is 34.6 Å². The van der Waals surface area contributed by atoms with Crippen molar-refractivity contribution in [1.82, 2.24) is 10.2 Å². The van der Waals surface area contributed by atoms with Gasteiger partial charge in [0.1, 0.15) is 12.6 Å². The van der Waals surface area contributed by atoms with E-state index in [2.05, 4.69) is 5.32 Å². The summed E-state index contributed by atoms with van der Waals surface area (Å²) >= 11 is 12.1. The van der Waals surface area contributed by atoms with Crippen LogP contribution in [0.25, 0.3) is 0 Å². The Morgan fingerprint density at radius 1 is 0.919 bits per heavy atom. The zero-order chi connectivity index (χ0) is 27.2. The fourth-order valence-corrected chi connectivity index (χ4v) is 5.12. The molecule has 3 aromatic rings. The molecule has 196 valence electrons. The molecule has 0 heterocycles. The van der Waals surface area contributed by atoms with Gasteiger partial charge in [-0.1, -0.05) is 83.4 Å². The SMILES string of the molecule is CNC(=O)[C@@H](Cc1ccccc1)N(Cc1cccc(C)c1)C(=O)CN(c1ccc(Cl)c(Cl)c1)S(C)(=O)=O. The molecule has 1 atom stereocenters. The van der Waals surface area contributed by atoms with E-state index in [0.29, 0.717) is 0 Å². The lowest BCUT2D eigenvalue weighted by molar-refractivity contribution is -0.139. The second kappa shape index (κ2) is 12.4. The lowest BCUT2D eigenvalue weighted by atomic mass is 10.0. The summed E-state index contributed by atoms with van der Waals surface area (Å²) in [6.07, 6.45) is 1.26. The molecule has 2 amide bonds. The van der Waals surface area contributed by atoms with E-state index in [4.69, 9.17) is 23.2 Å². The van der Waals surface area contributed by atoms with Gasteiger partial charge in [-0.3, -0.25) is 13.9 Å². The van der Waals surface area contributed by atoms with Gasteiger partial charge >= 0.3 is 0 Å². The zero-order valence-electron chi connectivity index (χ0n) is 20.8. The van der Waals surface area contributed by atoms with Crippen LogP contribution in [-0.2, 0) is 32.6 Å². The molecule has 0 unspecified atom stereocenters. The van der Waals surface area contributed by atoms with Crippen LogP contribution in [0.4, 0.5) is 5.69 Å². The Balaban J connectivity index is 2.04. The Morgan fingerprint density at radius 3 is 2.19 bits per heavy atom. The largest absolute Gasteiger partial charge is 0.357 e. The normalized spacial score (nSPS) is 12.0. The van der Waals surface area contributed by atoms with Gasteiger partial charge in [-0.15, -0.1) is 0 Å². The van der Waals surface area contributed by atoms with E-state index < -0.39 is 28.5 Å². The Morgan fingerprint density at radius 2 is 1.59 bits per heavy atom. The number of aryl methyl sites for hydroxylation is 1. The average Bonchev–Trinajstić information content (AvgIpc) is 2.86. The summed E-state index contributed by atoms with van der Waals surface area (Å²) < 4.78 is 26.4. The second-order valence-electron chi connectivity index (χ2n) is 8.70. The summed E-state index contributed by atoms with van der Waals surface area (Å²) in [6, 6.07) is 20.4. The first-order valence-electron chi connectivity index (χ1n) is 11.5. The van der Waals surface area contributed by atoms with Crippen molar-refractivity contribution in [2.24, 2.45) is 0 Å². The Labute approximate surface area is 228 Å². The predicted molar refractivity (Wildman–Crippen MR) is 148 cm³/mol. The summed E-state index contributed by atoms with van der Waals surface area (Å²) in [5.41, 5.74) is 2.87. The fourth-order valence-electron chi connectivity index (χ4n) is 3.98. The number of carbonyl (C=O) groups is 2. The highest BCUT2D eigenvalue weighted by Gasteiger charge is 2.32. The molecular formula is C27H29Cl2N3O4S. The van der Waals surface area contributed by atoms with Crippen LogP contribution in [0.5, 0.6) is 0 Å². The minimum Gasteiger partial charge on any atom is -0.357 e. The van der Waals surface area contributed by atoms with Crippen LogP contribution in [0.1, 0.15) is 16.7 Å². The van der Waals surface area contributed by atoms with E-state index in [1.807, 2.05) is 61.5 Å². The van der Waals surface area contributed by atoms with Crippen molar-refractivity contribution in [2.75, 3.05) is 24.2 Å². The summed E-state index contributed by atoms with van der Waals surface area (Å²) in [4.78, 5) is 28.4. The molecule has 7 nitrogen and oxygen atoms in total. The molecule has 0 radical (unpaired) electrons. The van der Waals surface area contributed by atoms with E-state index in [1.165, 1.54) is 30.1 Å². The van der Waals surface area contributed by atoms with Crippen molar-refractivity contribution in [3.63, 3.8) is 0 Å². The summed E-state index contributed by atoms with van der Waals surface area (Å²) in [6.45, 7) is 1.53. The first-order valence-corrected chi connectivity index (χ1v) is 14.1. The first-order chi connectivity index (χ1) is 17.5. The van der Waals surface area contributed by atoms with Crippen molar-refractivity contribution in [1.29, 1.82) is 0 Å². The van der Waals surface area contributed by atoms with Gasteiger partial charge in [0.05, 0.1) is 22.0 Å². The minimum absolute atomic E-state index is 0.115. The van der Waals surface area contributed by atoms with Gasteiger partial charge in [0.15, 0.2) is 0 Å². The van der Waals surface area contributed by atoms with Crippen LogP contribution in [-0.4, -0.2) is 51.0 Å². The van der Waals surface area contributed by atoms with Gasteiger partial charge < -0.3 is 10.2 Å². The molecule has 0 aromatic heterocycles. The molecule has 0 fully saturated rings. The smallest absolute Gasteiger partial charge is 0.244 e. The van der Waals surface area contributed by atoms with E-state index in [9.17, 15) is 18.0 Å². The number of hydrogen-bond donors (Lipinski definition) is 1. The topological polar surface area (TPSA) is 86.8 Å². The van der Waals surface area contributed by atoms with Crippen LogP contribution in [0.2, 0.25) is 10.0 Å². The fraction of sp³-hybridized carbons (Fsp3) is 0.259. The summed E-state index contributed by atoms with van der Waals surface area (Å²) in [5.74, 6) is -0.896. The standard InChI is InChI=1S/C27H29Cl2N3O4S/c1-19-8-7-11-21(14-19)17-31(25(27(34)30-2)15-20-9-5-4-6-10-20)26(33)18-32(37(3,35)36)22-12-13-23(28)24(29)16-22/h4-14,16,25H,15,17-18H2,1-3H3,(H,30,34)/t25-/m1/s1. The van der Waals surface area contributed by atoms with Crippen molar-refractivity contribution in [2.45, 2.75) is 25.9 Å². The minimum atomic E-state index is -3.88. The second-order valence-corrected chi connectivity index (χ2v) is 11.4. The van der Waals surface area contributed by atoms with Gasteiger partial charge in [0.25, 0.3) is 0 Å². The molecule has 0 saturated carbocycles. The van der Waals surface area contributed by atoms with Gasteiger partial charge in [-0.05, 0) is 36.2 Å². The number of nitrogens with zero attached hydrogens (tertiary/aromatic N) is 2. The first kappa shape index (κ1) is 28.5. The number of amides is 2. The molecular weight excluding hydrogens is 533 g/mol. The number of rotatable bonds is 10. The van der Waals surface area contributed by atoms with Gasteiger partial charge in [-0.2, -0.15) is 0 Å². The highest BCUT2D eigenvalue weighted by molar-refractivity contribution is 7.92. The predicted octanol–water partition coefficient (Wildman–Crippen LogP) is 4.45. The highest BCUT2D eigenvalue weighted by Crippen LogP contribution is 2.29. The van der Waals surface area contributed by atoms with E-state index >= 15 is 0 Å². The monoisotopic (exact) mass is 561 g/mol. The molecule has 37 heavy (non-hydrogen) atoms. The zero-order valence-corrected chi connectivity index (χ0v) is 23.1. The average molecular weight is 563 g/mol. The lowest BCUT2D eigenvalue weighted by Crippen LogP contribution is -2.52. The number of carbonyl (C=O) groups excluding carboxylic acids is 2. The number of hydrogen-bond acceptors (Lipinski definition) is 4. The third kappa shape index (κ3) is 7.71. The van der Waals surface area contributed by atoms with Crippen LogP contribution in [0, 0.1) is 6.92 Å². The molecule has 0 aliphatic heterocycles. The quantitative estimate of drug-likeness (QED) is 0.396. The van der Waals surface area contributed by atoms with Gasteiger partial charge in [0, 0.05) is 20.0 Å². The van der Waals surface area contributed by atoms with Gasteiger partial charge in [0.2, 0.25) is 21.8 Å². The summed E-state index contributed by atoms with van der Waals surface area (Å²) in [5, 5.41) is 3.06. The lowest BCUT2D eigenvalue weighted by Gasteiger charge is -2.33. The Kier molecular flexibility index (Phi) is 9.59. The van der Waals surface area contributed by atoms with Crippen molar-refractivity contribution in [3.8, 4) is 0 Å². The molecule has 1 N–H and O–H groups in total. The maximum absolute atomic E-state index is 13.8. The summed E-state index contributed by atoms with van der Waals surface area (Å²) in [7, 11) is -2.37. The third-order valence-electron chi connectivity index (χ3n) is 5.82. The molecule has 10 heteroatoms. The number of sulfonamides is 1. The van der Waals surface area contributed by atoms with Crippen LogP contribution in [0.3, 0.4) is 0 Å². The Bertz CT molecular complexity index is 1370. The number of halogens is 2. The van der Waals surface area contributed by atoms with Crippen LogP contribution >= 0.6 is 23.2 Å². The van der Waals surface area contributed by atoms with Crippen molar-refractivity contribution in [3.05, 3.63) is 99.5 Å². The van der Waals surface area contributed by atoms with Crippen molar-refractivity contribution >= 4 is 50.7 Å². The maximum atomic E-state index is 13.8. The maximum Gasteiger partial charge on any atom is 0.244 e. The molecule has 0 aliphatic carbocycles. The van der Waals surface area contributed by atoms with E-state index in [1.54, 1.807) is 0 Å². The molecule has 0 bridgehead atoms. The number of nitrogens with one attached hydrogen (secondary N) is 1. The van der Waals surface area contributed by atoms with Crippen LogP contribution in [0.15, 0.2) is 72.8 Å². The molecule has 0 spiro atoms. The number of benzene rings is 3. The third-order valence-corrected chi connectivity index (χ3v) is 7.70. The molecule has 0 saturated heterocycles. The molecule has 0 aliphatic rings. The molecule has 3 aromatic carbocycles. The van der Waals surface area contributed by atoms with Crippen molar-refractivity contribution < 1.29 is 18.0 Å². The van der Waals surface area contributed by atoms with Gasteiger partial charge in [-0.25, -0.2) is 8.42 Å². The van der Waals surface area contributed by atoms with Crippen LogP contribution < -0.4 is 9.62 Å². The number of anilines is 1.